The molecule has 0 saturated carbocycles. The summed E-state index contributed by atoms with van der Waals surface area (Å²) in [5, 5.41) is 0. The summed E-state index contributed by atoms with van der Waals surface area (Å²) in [4.78, 5) is 23.4. The highest BCUT2D eigenvalue weighted by Gasteiger charge is 2.32. The minimum atomic E-state index is -4.50. The first-order valence-corrected chi connectivity index (χ1v) is 7.03. The topological polar surface area (TPSA) is 81.0 Å². The predicted molar refractivity (Wildman–Crippen MR) is 76.1 cm³/mol. The Kier molecular flexibility index (Phi) is 4.00. The molecule has 3 aromatic heterocycles. The van der Waals surface area contributed by atoms with Gasteiger partial charge < -0.3 is 14.1 Å². The molecule has 0 aliphatic carbocycles. The van der Waals surface area contributed by atoms with Gasteiger partial charge in [-0.3, -0.25) is 0 Å². The van der Waals surface area contributed by atoms with Crippen LogP contribution in [0.2, 0.25) is 0 Å². The Bertz CT molecular complexity index is 883. The van der Waals surface area contributed by atoms with Crippen molar-refractivity contribution in [2.75, 3.05) is 0 Å². The third kappa shape index (κ3) is 3.10. The average Bonchev–Trinajstić information content (AvgIpc) is 3.17. The van der Waals surface area contributed by atoms with E-state index < -0.39 is 24.3 Å². The first-order chi connectivity index (χ1) is 11.4. The molecule has 1 N–H and O–H groups in total. The van der Waals surface area contributed by atoms with E-state index in [1.54, 1.807) is 0 Å². The smallest absolute Gasteiger partial charge is 0.419 e. The Morgan fingerprint density at radius 3 is 2.88 bits per heavy atom. The number of esters is 1. The number of H-pyrrole nitrogens is 1. The summed E-state index contributed by atoms with van der Waals surface area (Å²) in [7, 11) is 0. The summed E-state index contributed by atoms with van der Waals surface area (Å²) >= 11 is 0. The molecule has 0 saturated heterocycles. The summed E-state index contributed by atoms with van der Waals surface area (Å²) in [6, 6.07) is 2.24. The Balaban J connectivity index is 1.76. The number of fused-ring (bicyclic) bond motifs is 1. The molecule has 0 aliphatic heterocycles. The van der Waals surface area contributed by atoms with Crippen molar-refractivity contribution in [3.8, 4) is 0 Å². The van der Waals surface area contributed by atoms with Gasteiger partial charge in [0.15, 0.2) is 5.65 Å². The molecule has 0 aromatic carbocycles. The number of pyridine rings is 1. The Hall–Kier alpha value is -2.84. The largest absolute Gasteiger partial charge is 0.465 e. The van der Waals surface area contributed by atoms with Gasteiger partial charge in [-0.05, 0) is 12.1 Å². The van der Waals surface area contributed by atoms with Gasteiger partial charge in [0.25, 0.3) is 0 Å². The van der Waals surface area contributed by atoms with E-state index in [0.29, 0.717) is 29.7 Å². The van der Waals surface area contributed by atoms with Crippen LogP contribution in [0.5, 0.6) is 0 Å². The quantitative estimate of drug-likeness (QED) is 0.736. The standard InChI is InChI=1S/C15H12F3N3O3/c1-2-11-20-12-10(3-4-19-13(12)21-11)14(22)24-7-9-5-8(6-23-9)15(16,17)18/h3-6H,2,7H2,1H3,(H,19,20,21). The lowest BCUT2D eigenvalue weighted by Crippen LogP contribution is -2.06. The van der Waals surface area contributed by atoms with E-state index in [2.05, 4.69) is 15.0 Å². The van der Waals surface area contributed by atoms with Crippen molar-refractivity contribution < 1.29 is 27.1 Å². The van der Waals surface area contributed by atoms with Crippen LogP contribution >= 0.6 is 0 Å². The summed E-state index contributed by atoms with van der Waals surface area (Å²) in [6.07, 6.45) is -1.88. The number of carbonyl (C=O) groups is 1. The van der Waals surface area contributed by atoms with Crippen LogP contribution < -0.4 is 0 Å². The zero-order valence-electron chi connectivity index (χ0n) is 12.5. The molecule has 0 radical (unpaired) electrons. The van der Waals surface area contributed by atoms with E-state index in [-0.39, 0.29) is 11.3 Å². The van der Waals surface area contributed by atoms with Gasteiger partial charge in [-0.15, -0.1) is 0 Å². The van der Waals surface area contributed by atoms with Crippen LogP contribution in [0.15, 0.2) is 29.0 Å². The van der Waals surface area contributed by atoms with E-state index in [9.17, 15) is 18.0 Å². The predicted octanol–water partition coefficient (Wildman–Crippen LogP) is 3.49. The minimum Gasteiger partial charge on any atom is -0.465 e. The minimum absolute atomic E-state index is 0.0974. The molecule has 0 atom stereocenters. The van der Waals surface area contributed by atoms with E-state index in [0.717, 1.165) is 6.07 Å². The molecule has 3 aromatic rings. The molecule has 126 valence electrons. The first kappa shape index (κ1) is 16.0. The van der Waals surface area contributed by atoms with Crippen LogP contribution in [0.1, 0.15) is 34.4 Å². The van der Waals surface area contributed by atoms with Crippen LogP contribution in [-0.2, 0) is 23.9 Å². The molecule has 0 amide bonds. The molecular weight excluding hydrogens is 327 g/mol. The second-order valence-electron chi connectivity index (χ2n) is 4.97. The third-order valence-electron chi connectivity index (χ3n) is 3.32. The molecule has 0 bridgehead atoms. The average molecular weight is 339 g/mol. The van der Waals surface area contributed by atoms with E-state index in [1.807, 2.05) is 6.92 Å². The molecule has 0 spiro atoms. The maximum atomic E-state index is 12.5. The van der Waals surface area contributed by atoms with Crippen molar-refractivity contribution in [1.82, 2.24) is 15.0 Å². The fourth-order valence-electron chi connectivity index (χ4n) is 2.12. The van der Waals surface area contributed by atoms with Crippen LogP contribution in [0.4, 0.5) is 13.2 Å². The maximum Gasteiger partial charge on any atom is 0.419 e. The molecule has 3 rings (SSSR count). The van der Waals surface area contributed by atoms with E-state index in [4.69, 9.17) is 9.15 Å². The Labute approximate surface area is 133 Å². The summed E-state index contributed by atoms with van der Waals surface area (Å²) in [5.41, 5.74) is 0.0734. The van der Waals surface area contributed by atoms with Crippen molar-refractivity contribution in [3.63, 3.8) is 0 Å². The fraction of sp³-hybridized carbons (Fsp3) is 0.267. The van der Waals surface area contributed by atoms with Gasteiger partial charge in [0.1, 0.15) is 24.5 Å². The highest BCUT2D eigenvalue weighted by molar-refractivity contribution is 6.00. The Morgan fingerprint density at radius 2 is 2.21 bits per heavy atom. The van der Waals surface area contributed by atoms with Gasteiger partial charge in [-0.1, -0.05) is 6.92 Å². The highest BCUT2D eigenvalue weighted by Crippen LogP contribution is 2.30. The zero-order valence-corrected chi connectivity index (χ0v) is 12.5. The third-order valence-corrected chi connectivity index (χ3v) is 3.32. The van der Waals surface area contributed by atoms with Crippen molar-refractivity contribution in [1.29, 1.82) is 0 Å². The number of nitrogens with one attached hydrogen (secondary N) is 1. The normalized spacial score (nSPS) is 11.8. The lowest BCUT2D eigenvalue weighted by molar-refractivity contribution is -0.137. The molecular formula is C15H12F3N3O3. The monoisotopic (exact) mass is 339 g/mol. The van der Waals surface area contributed by atoms with Crippen LogP contribution in [0.25, 0.3) is 11.2 Å². The van der Waals surface area contributed by atoms with Gasteiger partial charge in [0.05, 0.1) is 16.6 Å². The SMILES string of the molecule is CCc1nc2nccc(C(=O)OCc3cc(C(F)(F)F)co3)c2[nH]1. The number of ether oxygens (including phenoxy) is 1. The second-order valence-corrected chi connectivity index (χ2v) is 4.97. The molecule has 0 fully saturated rings. The summed E-state index contributed by atoms with van der Waals surface area (Å²) < 4.78 is 47.2. The number of rotatable bonds is 4. The molecule has 9 heteroatoms. The van der Waals surface area contributed by atoms with Gasteiger partial charge in [-0.25, -0.2) is 14.8 Å². The molecule has 3 heterocycles. The van der Waals surface area contributed by atoms with Crippen LogP contribution in [0.3, 0.4) is 0 Å². The number of hydrogen-bond donors (Lipinski definition) is 1. The van der Waals surface area contributed by atoms with Crippen molar-refractivity contribution >= 4 is 17.1 Å². The first-order valence-electron chi connectivity index (χ1n) is 7.03. The number of nitrogens with zero attached hydrogens (tertiary/aromatic N) is 2. The van der Waals surface area contributed by atoms with Crippen LogP contribution in [-0.4, -0.2) is 20.9 Å². The number of halogens is 3. The molecule has 0 unspecified atom stereocenters. The van der Waals surface area contributed by atoms with Crippen molar-refractivity contribution in [2.45, 2.75) is 26.1 Å². The lowest BCUT2D eigenvalue weighted by atomic mass is 10.2. The zero-order chi connectivity index (χ0) is 17.3. The number of imidazole rings is 1. The maximum absolute atomic E-state index is 12.5. The fourth-order valence-corrected chi connectivity index (χ4v) is 2.12. The number of aryl methyl sites for hydroxylation is 1. The summed E-state index contributed by atoms with van der Waals surface area (Å²) in [6.45, 7) is 1.48. The van der Waals surface area contributed by atoms with Crippen molar-refractivity contribution in [2.24, 2.45) is 0 Å². The van der Waals surface area contributed by atoms with E-state index in [1.165, 1.54) is 12.3 Å². The van der Waals surface area contributed by atoms with Gasteiger partial charge in [0.2, 0.25) is 0 Å². The van der Waals surface area contributed by atoms with Crippen LogP contribution in [0, 0.1) is 0 Å². The Morgan fingerprint density at radius 1 is 1.42 bits per heavy atom. The molecule has 6 nitrogen and oxygen atoms in total. The number of aromatic amines is 1. The summed E-state index contributed by atoms with van der Waals surface area (Å²) in [5.74, 6) is -0.142. The molecule has 24 heavy (non-hydrogen) atoms. The van der Waals surface area contributed by atoms with Crippen molar-refractivity contribution in [3.05, 3.63) is 47.3 Å². The number of aromatic nitrogens is 3. The number of hydrogen-bond acceptors (Lipinski definition) is 5. The van der Waals surface area contributed by atoms with Gasteiger partial charge in [-0.2, -0.15) is 13.2 Å². The number of furan rings is 1. The van der Waals surface area contributed by atoms with Gasteiger partial charge >= 0.3 is 12.1 Å². The number of carbonyl (C=O) groups excluding carboxylic acids is 1. The highest BCUT2D eigenvalue weighted by atomic mass is 19.4. The lowest BCUT2D eigenvalue weighted by Gasteiger charge is -2.03. The second kappa shape index (κ2) is 5.99. The van der Waals surface area contributed by atoms with Gasteiger partial charge in [0, 0.05) is 12.6 Å². The molecule has 0 aliphatic rings. The number of alkyl halides is 3. The van der Waals surface area contributed by atoms with E-state index >= 15 is 0 Å².